The average Bonchev–Trinajstić information content (AvgIpc) is 3.18. The Bertz CT molecular complexity index is 1010. The number of nitrogens with zero attached hydrogens (tertiary/aromatic N) is 3. The van der Waals surface area contributed by atoms with E-state index in [1.165, 1.54) is 60.7 Å². The molecular weight excluding hydrogens is 369 g/mol. The average molecular weight is 383 g/mol. The molecule has 0 unspecified atom stereocenters. The molecule has 0 aliphatic heterocycles. The Morgan fingerprint density at radius 3 is 2.50 bits per heavy atom. The predicted molar refractivity (Wildman–Crippen MR) is 96.3 cm³/mol. The first-order chi connectivity index (χ1) is 13.4. The minimum atomic E-state index is -0.801. The topological polar surface area (TPSA) is 108 Å². The summed E-state index contributed by atoms with van der Waals surface area (Å²) in [4.78, 5) is 22.1. The van der Waals surface area contributed by atoms with Crippen LogP contribution in [-0.4, -0.2) is 21.1 Å². The second-order valence-corrected chi connectivity index (χ2v) is 5.71. The molecule has 0 fully saturated rings. The number of halogens is 1. The van der Waals surface area contributed by atoms with Gasteiger partial charge in [0, 0.05) is 23.8 Å². The first kappa shape index (κ1) is 18.9. The summed E-state index contributed by atoms with van der Waals surface area (Å²) in [6.45, 7) is 1.57. The summed E-state index contributed by atoms with van der Waals surface area (Å²) in [5, 5.41) is 18.4. The van der Waals surface area contributed by atoms with Gasteiger partial charge >= 0.3 is 5.97 Å². The van der Waals surface area contributed by atoms with Crippen LogP contribution in [0.25, 0.3) is 17.5 Å². The summed E-state index contributed by atoms with van der Waals surface area (Å²) in [5.74, 6) is -0.771. The summed E-state index contributed by atoms with van der Waals surface area (Å²) >= 11 is 0. The van der Waals surface area contributed by atoms with Gasteiger partial charge in [-0.2, -0.15) is 0 Å². The molecule has 9 heteroatoms. The number of rotatable bonds is 6. The maximum Gasteiger partial charge on any atom is 0.331 e. The number of hydrogen-bond donors (Lipinski definition) is 0. The molecule has 3 rings (SSSR count). The van der Waals surface area contributed by atoms with Gasteiger partial charge < -0.3 is 9.15 Å². The number of benzene rings is 2. The van der Waals surface area contributed by atoms with Crippen molar-refractivity contribution in [1.82, 2.24) is 10.2 Å². The number of ether oxygens (including phenoxy) is 1. The molecule has 0 saturated carbocycles. The molecule has 0 bridgehead atoms. The van der Waals surface area contributed by atoms with Gasteiger partial charge in [0.05, 0.1) is 4.92 Å². The van der Waals surface area contributed by atoms with Gasteiger partial charge in [-0.3, -0.25) is 10.1 Å². The molecule has 8 nitrogen and oxygen atoms in total. The summed E-state index contributed by atoms with van der Waals surface area (Å²) < 4.78 is 23.5. The summed E-state index contributed by atoms with van der Waals surface area (Å²) in [5.41, 5.74) is 1.09. The second-order valence-electron chi connectivity index (χ2n) is 5.71. The molecule has 0 spiro atoms. The van der Waals surface area contributed by atoms with Gasteiger partial charge in [-0.05, 0) is 42.8 Å². The lowest BCUT2D eigenvalue weighted by atomic mass is 10.2. The lowest BCUT2D eigenvalue weighted by molar-refractivity contribution is -0.384. The lowest BCUT2D eigenvalue weighted by Gasteiger charge is -2.06. The third-order valence-corrected chi connectivity index (χ3v) is 3.69. The molecule has 0 N–H and O–H groups in total. The maximum atomic E-state index is 12.9. The van der Waals surface area contributed by atoms with Crippen LogP contribution in [0.1, 0.15) is 24.5 Å². The number of non-ortho nitro benzene ring substituents is 1. The summed E-state index contributed by atoms with van der Waals surface area (Å²) in [6, 6.07) is 11.2. The quantitative estimate of drug-likeness (QED) is 0.273. The van der Waals surface area contributed by atoms with Crippen molar-refractivity contribution < 1.29 is 23.3 Å². The van der Waals surface area contributed by atoms with E-state index in [4.69, 9.17) is 9.15 Å². The van der Waals surface area contributed by atoms with Gasteiger partial charge in [-0.15, -0.1) is 10.2 Å². The van der Waals surface area contributed by atoms with E-state index < -0.39 is 17.0 Å². The van der Waals surface area contributed by atoms with Crippen molar-refractivity contribution in [2.75, 3.05) is 0 Å². The normalized spacial score (nSPS) is 12.1. The first-order valence-corrected chi connectivity index (χ1v) is 8.15. The van der Waals surface area contributed by atoms with Crippen molar-refractivity contribution in [3.05, 3.63) is 82.0 Å². The number of nitro groups is 1. The van der Waals surface area contributed by atoms with Crippen LogP contribution in [0, 0.1) is 15.9 Å². The Labute approximate surface area is 158 Å². The molecule has 0 amide bonds. The molecule has 0 aliphatic carbocycles. The van der Waals surface area contributed by atoms with Crippen LogP contribution in [0.15, 0.2) is 59.0 Å². The minimum Gasteiger partial charge on any atom is -0.449 e. The van der Waals surface area contributed by atoms with Gasteiger partial charge in [0.2, 0.25) is 5.89 Å². The highest BCUT2D eigenvalue weighted by molar-refractivity contribution is 5.87. The molecule has 2 aromatic carbocycles. The highest BCUT2D eigenvalue weighted by atomic mass is 19.1. The van der Waals surface area contributed by atoms with Crippen molar-refractivity contribution in [1.29, 1.82) is 0 Å². The van der Waals surface area contributed by atoms with Gasteiger partial charge in [-0.25, -0.2) is 9.18 Å². The Hall–Kier alpha value is -3.88. The van der Waals surface area contributed by atoms with Crippen molar-refractivity contribution in [2.45, 2.75) is 13.0 Å². The van der Waals surface area contributed by atoms with Gasteiger partial charge in [0.25, 0.3) is 11.6 Å². The fourth-order valence-electron chi connectivity index (χ4n) is 2.24. The summed E-state index contributed by atoms with van der Waals surface area (Å²) in [7, 11) is 0. The van der Waals surface area contributed by atoms with Crippen LogP contribution in [0.5, 0.6) is 0 Å². The molecule has 142 valence electrons. The minimum absolute atomic E-state index is 0.0567. The van der Waals surface area contributed by atoms with Crippen LogP contribution in [0.3, 0.4) is 0 Å². The van der Waals surface area contributed by atoms with Crippen LogP contribution in [0.2, 0.25) is 0 Å². The van der Waals surface area contributed by atoms with Crippen LogP contribution >= 0.6 is 0 Å². The number of hydrogen-bond acceptors (Lipinski definition) is 7. The number of nitro benzene ring substituents is 1. The SMILES string of the molecule is C[C@H](OC(=O)/C=C/c1ccc(F)cc1)c1nnc(-c2ccc([N+](=O)[O-])cc2)o1. The van der Waals surface area contributed by atoms with Crippen LogP contribution in [-0.2, 0) is 9.53 Å². The monoisotopic (exact) mass is 383 g/mol. The van der Waals surface area contributed by atoms with E-state index in [0.717, 1.165) is 0 Å². The molecular formula is C19H14FN3O5. The number of carbonyl (C=O) groups is 1. The van der Waals surface area contributed by atoms with E-state index in [2.05, 4.69) is 10.2 Å². The van der Waals surface area contributed by atoms with E-state index in [0.29, 0.717) is 11.1 Å². The Kier molecular flexibility index (Phi) is 5.54. The molecule has 3 aromatic rings. The van der Waals surface area contributed by atoms with E-state index in [1.54, 1.807) is 6.92 Å². The molecule has 28 heavy (non-hydrogen) atoms. The standard InChI is InChI=1S/C19H14FN3O5/c1-12(27-17(24)11-4-13-2-7-15(20)8-3-13)18-21-22-19(28-18)14-5-9-16(10-6-14)23(25)26/h2-12H,1H3/b11-4+/t12-/m0/s1. The smallest absolute Gasteiger partial charge is 0.331 e. The zero-order chi connectivity index (χ0) is 20.1. The third-order valence-electron chi connectivity index (χ3n) is 3.69. The molecule has 0 aliphatic rings. The highest BCUT2D eigenvalue weighted by Gasteiger charge is 2.18. The van der Waals surface area contributed by atoms with E-state index in [-0.39, 0.29) is 23.3 Å². The van der Waals surface area contributed by atoms with Gasteiger partial charge in [0.15, 0.2) is 6.10 Å². The Balaban J connectivity index is 1.63. The maximum absolute atomic E-state index is 12.9. The van der Waals surface area contributed by atoms with E-state index >= 15 is 0 Å². The predicted octanol–water partition coefficient (Wildman–Crippen LogP) is 4.10. The van der Waals surface area contributed by atoms with Crippen molar-refractivity contribution in [3.8, 4) is 11.5 Å². The molecule has 1 aromatic heterocycles. The molecule has 0 saturated heterocycles. The van der Waals surface area contributed by atoms with Crippen LogP contribution < -0.4 is 0 Å². The Morgan fingerprint density at radius 1 is 1.18 bits per heavy atom. The zero-order valence-corrected chi connectivity index (χ0v) is 14.6. The number of aromatic nitrogens is 2. The van der Waals surface area contributed by atoms with Crippen LogP contribution in [0.4, 0.5) is 10.1 Å². The van der Waals surface area contributed by atoms with Crippen molar-refractivity contribution in [3.63, 3.8) is 0 Å². The Morgan fingerprint density at radius 2 is 1.86 bits per heavy atom. The third kappa shape index (κ3) is 4.64. The number of esters is 1. The zero-order valence-electron chi connectivity index (χ0n) is 14.6. The second kappa shape index (κ2) is 8.21. The lowest BCUT2D eigenvalue weighted by Crippen LogP contribution is -2.06. The van der Waals surface area contributed by atoms with Gasteiger partial charge in [-0.1, -0.05) is 12.1 Å². The van der Waals surface area contributed by atoms with E-state index in [1.807, 2.05) is 0 Å². The molecule has 1 heterocycles. The summed E-state index contributed by atoms with van der Waals surface area (Å²) in [6.07, 6.45) is 1.90. The fraction of sp³-hybridized carbons (Fsp3) is 0.105. The first-order valence-electron chi connectivity index (χ1n) is 8.15. The van der Waals surface area contributed by atoms with Crippen molar-refractivity contribution in [2.24, 2.45) is 0 Å². The van der Waals surface area contributed by atoms with Gasteiger partial charge in [0.1, 0.15) is 5.82 Å². The molecule has 1 atom stereocenters. The largest absolute Gasteiger partial charge is 0.449 e. The highest BCUT2D eigenvalue weighted by Crippen LogP contribution is 2.24. The molecule has 0 radical (unpaired) electrons. The fourth-order valence-corrected chi connectivity index (χ4v) is 2.24. The number of carbonyl (C=O) groups excluding carboxylic acids is 1. The van der Waals surface area contributed by atoms with E-state index in [9.17, 15) is 19.3 Å². The van der Waals surface area contributed by atoms with Crippen molar-refractivity contribution >= 4 is 17.7 Å².